The minimum absolute atomic E-state index is 0.0800. The SMILES string of the molecule is CC/C=C\C/C=C\C/C=C\C/C=C\C/C=C\C/C=C\C/C=C\CCCCCCCCCCCCCCCCCCCC(=O)NC(CO)C(O)/C=C/CC/C=C/CC/C=C/CCCCCCCCCC. The van der Waals surface area contributed by atoms with Gasteiger partial charge in [0.05, 0.1) is 18.8 Å². The van der Waals surface area contributed by atoms with Gasteiger partial charge in [0.15, 0.2) is 0 Å². The zero-order chi connectivity index (χ0) is 49.9. The second-order valence-electron chi connectivity index (χ2n) is 19.3. The Morgan fingerprint density at radius 2 is 0.652 bits per heavy atom. The molecule has 0 heterocycles. The van der Waals surface area contributed by atoms with Gasteiger partial charge in [-0.25, -0.2) is 0 Å². The highest BCUT2D eigenvalue weighted by Gasteiger charge is 2.18. The van der Waals surface area contributed by atoms with Crippen LogP contribution in [-0.2, 0) is 4.79 Å². The summed E-state index contributed by atoms with van der Waals surface area (Å²) in [6.45, 7) is 4.18. The van der Waals surface area contributed by atoms with Crippen molar-refractivity contribution in [2.75, 3.05) is 6.61 Å². The second-order valence-corrected chi connectivity index (χ2v) is 19.3. The lowest BCUT2D eigenvalue weighted by Crippen LogP contribution is -2.45. The van der Waals surface area contributed by atoms with Gasteiger partial charge in [-0.1, -0.05) is 277 Å². The van der Waals surface area contributed by atoms with Gasteiger partial charge in [0.1, 0.15) is 0 Å². The Balaban J connectivity index is 3.55. The van der Waals surface area contributed by atoms with E-state index in [2.05, 4.69) is 129 Å². The molecule has 0 aliphatic carbocycles. The molecule has 0 aromatic rings. The van der Waals surface area contributed by atoms with Gasteiger partial charge in [-0.05, 0) is 103 Å². The van der Waals surface area contributed by atoms with Crippen molar-refractivity contribution in [2.24, 2.45) is 0 Å². The molecule has 2 atom stereocenters. The molecule has 0 saturated heterocycles. The molecule has 0 rings (SSSR count). The number of carbonyl (C=O) groups is 1. The van der Waals surface area contributed by atoms with Crippen molar-refractivity contribution < 1.29 is 15.0 Å². The molecule has 4 heteroatoms. The van der Waals surface area contributed by atoms with Crippen molar-refractivity contribution in [3.63, 3.8) is 0 Å². The molecule has 1 amide bonds. The van der Waals surface area contributed by atoms with E-state index in [0.717, 1.165) is 83.5 Å². The fraction of sp³-hybridized carbons (Fsp3) is 0.677. The zero-order valence-corrected chi connectivity index (χ0v) is 45.3. The van der Waals surface area contributed by atoms with Crippen molar-refractivity contribution in [1.82, 2.24) is 5.32 Å². The Bertz CT molecular complexity index is 1360. The maximum absolute atomic E-state index is 12.5. The topological polar surface area (TPSA) is 69.6 Å². The molecule has 0 fully saturated rings. The zero-order valence-electron chi connectivity index (χ0n) is 45.3. The molecule has 0 aromatic heterocycles. The van der Waals surface area contributed by atoms with Crippen LogP contribution < -0.4 is 5.32 Å². The van der Waals surface area contributed by atoms with Gasteiger partial charge in [-0.3, -0.25) is 4.79 Å². The number of allylic oxidation sites excluding steroid dienone is 19. The fourth-order valence-corrected chi connectivity index (χ4v) is 8.25. The third-order valence-electron chi connectivity index (χ3n) is 12.7. The van der Waals surface area contributed by atoms with Crippen molar-refractivity contribution >= 4 is 5.91 Å². The van der Waals surface area contributed by atoms with Crippen LogP contribution >= 0.6 is 0 Å². The number of aliphatic hydroxyl groups is 2. The molecule has 0 aromatic carbocycles. The summed E-state index contributed by atoms with van der Waals surface area (Å²) in [5, 5.41) is 23.1. The van der Waals surface area contributed by atoms with Crippen molar-refractivity contribution in [3.05, 3.63) is 122 Å². The first-order valence-corrected chi connectivity index (χ1v) is 29.2. The van der Waals surface area contributed by atoms with Gasteiger partial charge >= 0.3 is 0 Å². The van der Waals surface area contributed by atoms with Crippen LogP contribution in [0.15, 0.2) is 122 Å². The number of hydrogen-bond donors (Lipinski definition) is 3. The average Bonchev–Trinajstić information content (AvgIpc) is 3.35. The molecule has 0 aliphatic heterocycles. The van der Waals surface area contributed by atoms with E-state index < -0.39 is 12.1 Å². The number of amides is 1. The number of aliphatic hydroxyl groups excluding tert-OH is 2. The van der Waals surface area contributed by atoms with Crippen LogP contribution in [0.5, 0.6) is 0 Å². The van der Waals surface area contributed by atoms with Crippen LogP contribution in [0.1, 0.15) is 264 Å². The van der Waals surface area contributed by atoms with Gasteiger partial charge in [0.2, 0.25) is 5.91 Å². The Hall–Kier alpha value is -3.21. The van der Waals surface area contributed by atoms with Gasteiger partial charge in [-0.15, -0.1) is 0 Å². The Morgan fingerprint density at radius 1 is 0.362 bits per heavy atom. The number of carbonyl (C=O) groups excluding carboxylic acids is 1. The number of nitrogens with one attached hydrogen (secondary N) is 1. The van der Waals surface area contributed by atoms with Crippen LogP contribution in [0, 0.1) is 0 Å². The summed E-state index contributed by atoms with van der Waals surface area (Å²) in [5.41, 5.74) is 0. The highest BCUT2D eigenvalue weighted by atomic mass is 16.3. The standard InChI is InChI=1S/C65H111NO3/c1-3-5-7-9-11-13-15-17-19-21-23-24-25-26-27-28-29-30-31-32-33-34-35-36-37-38-39-40-41-42-43-45-47-49-51-53-55-57-59-61-65(69)66-63(62-67)64(68)60-58-56-54-52-50-48-46-44-22-20-18-16-14-12-10-8-6-4-2/h5,7,11,13,17,19,22-24,26-27,29-30,32-33,44,50,52,58,60,63-64,67-68H,3-4,6,8-10,12,14-16,18,20-21,25,28,31,34-43,45-49,51,53-57,59,61-62H2,1-2H3,(H,66,69)/b7-5-,13-11-,19-17-,24-23-,27-26-,30-29-,33-32-,44-22+,52-50+,60-58+. The van der Waals surface area contributed by atoms with Gasteiger partial charge in [-0.2, -0.15) is 0 Å². The van der Waals surface area contributed by atoms with Crippen molar-refractivity contribution in [3.8, 4) is 0 Å². The van der Waals surface area contributed by atoms with Crippen LogP contribution in [0.2, 0.25) is 0 Å². The molecule has 0 bridgehead atoms. The first kappa shape index (κ1) is 65.8. The third-order valence-corrected chi connectivity index (χ3v) is 12.7. The summed E-state index contributed by atoms with van der Waals surface area (Å²) in [4.78, 5) is 12.5. The van der Waals surface area contributed by atoms with E-state index in [-0.39, 0.29) is 12.5 Å². The van der Waals surface area contributed by atoms with E-state index in [4.69, 9.17) is 0 Å². The second kappa shape index (κ2) is 59.1. The normalized spacial score (nSPS) is 13.7. The Labute approximate surface area is 428 Å². The molecule has 0 aliphatic rings. The monoisotopic (exact) mass is 954 g/mol. The molecular weight excluding hydrogens is 843 g/mol. The van der Waals surface area contributed by atoms with Crippen LogP contribution in [0.4, 0.5) is 0 Å². The maximum Gasteiger partial charge on any atom is 0.220 e. The first-order valence-electron chi connectivity index (χ1n) is 29.2. The highest BCUT2D eigenvalue weighted by molar-refractivity contribution is 5.76. The first-order chi connectivity index (χ1) is 34.2. The van der Waals surface area contributed by atoms with E-state index in [1.54, 1.807) is 6.08 Å². The largest absolute Gasteiger partial charge is 0.394 e. The molecule has 3 N–H and O–H groups in total. The molecule has 69 heavy (non-hydrogen) atoms. The summed E-state index contributed by atoms with van der Waals surface area (Å²) in [7, 11) is 0. The summed E-state index contributed by atoms with van der Waals surface area (Å²) in [6, 6.07) is -0.651. The minimum atomic E-state index is -0.876. The predicted octanol–water partition coefficient (Wildman–Crippen LogP) is 19.6. The maximum atomic E-state index is 12.5. The lowest BCUT2D eigenvalue weighted by molar-refractivity contribution is -0.123. The predicted molar refractivity (Wildman–Crippen MR) is 308 cm³/mol. The van der Waals surface area contributed by atoms with Crippen molar-refractivity contribution in [2.45, 2.75) is 276 Å². The molecule has 0 radical (unpaired) electrons. The average molecular weight is 955 g/mol. The van der Waals surface area contributed by atoms with E-state index >= 15 is 0 Å². The molecule has 0 spiro atoms. The molecular formula is C65H111NO3. The summed E-state index contributed by atoms with van der Waals surface area (Å²) >= 11 is 0. The van der Waals surface area contributed by atoms with Crippen molar-refractivity contribution in [1.29, 1.82) is 0 Å². The number of unbranched alkanes of at least 4 members (excludes halogenated alkanes) is 27. The lowest BCUT2D eigenvalue weighted by atomic mass is 10.0. The van der Waals surface area contributed by atoms with Gasteiger partial charge in [0, 0.05) is 6.42 Å². The highest BCUT2D eigenvalue weighted by Crippen LogP contribution is 2.16. The fourth-order valence-electron chi connectivity index (χ4n) is 8.25. The van der Waals surface area contributed by atoms with Crippen LogP contribution in [0.3, 0.4) is 0 Å². The minimum Gasteiger partial charge on any atom is -0.394 e. The molecule has 2 unspecified atom stereocenters. The Kier molecular flexibility index (Phi) is 56.4. The van der Waals surface area contributed by atoms with Gasteiger partial charge in [0.25, 0.3) is 0 Å². The molecule has 394 valence electrons. The van der Waals surface area contributed by atoms with Crippen LogP contribution in [-0.4, -0.2) is 34.9 Å². The quantitative estimate of drug-likeness (QED) is 0.0420. The smallest absolute Gasteiger partial charge is 0.220 e. The van der Waals surface area contributed by atoms with E-state index in [1.807, 2.05) is 6.08 Å². The van der Waals surface area contributed by atoms with Crippen LogP contribution in [0.25, 0.3) is 0 Å². The lowest BCUT2D eigenvalue weighted by Gasteiger charge is -2.19. The van der Waals surface area contributed by atoms with E-state index in [9.17, 15) is 15.0 Å². The molecule has 0 saturated carbocycles. The van der Waals surface area contributed by atoms with Gasteiger partial charge < -0.3 is 15.5 Å². The number of hydrogen-bond acceptors (Lipinski definition) is 3. The molecule has 4 nitrogen and oxygen atoms in total. The summed E-state index contributed by atoms with van der Waals surface area (Å²) in [6.07, 6.45) is 90.8. The third kappa shape index (κ3) is 55.6. The summed E-state index contributed by atoms with van der Waals surface area (Å²) < 4.78 is 0. The van der Waals surface area contributed by atoms with E-state index in [0.29, 0.717) is 6.42 Å². The summed E-state index contributed by atoms with van der Waals surface area (Å²) in [5.74, 6) is -0.0800. The Morgan fingerprint density at radius 3 is 1.01 bits per heavy atom. The van der Waals surface area contributed by atoms with E-state index in [1.165, 1.54) is 161 Å². The number of rotatable bonds is 52.